The SMILES string of the molecule is C=C(CN1CCN(C)C(C)C1)[B-](F)(F)F.[K+]. The number of likely N-dealkylation sites (N-methyl/N-ethyl adjacent to an activating group) is 1. The molecule has 1 aliphatic heterocycles. The molecule has 16 heavy (non-hydrogen) atoms. The summed E-state index contributed by atoms with van der Waals surface area (Å²) in [6.45, 7) is 2.40. The van der Waals surface area contributed by atoms with Crippen molar-refractivity contribution in [1.82, 2.24) is 9.80 Å². The van der Waals surface area contributed by atoms with E-state index in [1.54, 1.807) is 0 Å². The number of nitrogens with zero attached hydrogens (tertiary/aromatic N) is 2. The van der Waals surface area contributed by atoms with Crippen LogP contribution in [0.15, 0.2) is 12.1 Å². The van der Waals surface area contributed by atoms with Crippen LogP contribution in [0.5, 0.6) is 0 Å². The first-order valence-corrected chi connectivity index (χ1v) is 5.11. The third kappa shape index (κ3) is 5.20. The molecule has 0 aromatic heterocycles. The van der Waals surface area contributed by atoms with E-state index in [9.17, 15) is 12.9 Å². The topological polar surface area (TPSA) is 6.48 Å². The second-order valence-corrected chi connectivity index (χ2v) is 4.30. The maximum Gasteiger partial charge on any atom is 1.00 e. The molecular formula is C9H17BF3KN2. The molecule has 7 heteroatoms. The fourth-order valence-electron chi connectivity index (χ4n) is 1.66. The molecular weight excluding hydrogens is 243 g/mol. The van der Waals surface area contributed by atoms with E-state index in [1.807, 2.05) is 18.9 Å². The van der Waals surface area contributed by atoms with E-state index in [0.29, 0.717) is 19.1 Å². The van der Waals surface area contributed by atoms with Gasteiger partial charge < -0.3 is 17.8 Å². The Balaban J connectivity index is 0.00000225. The summed E-state index contributed by atoms with van der Waals surface area (Å²) in [7, 11) is 1.99. The monoisotopic (exact) mass is 260 g/mol. The van der Waals surface area contributed by atoms with Crippen LogP contribution in [0, 0.1) is 0 Å². The van der Waals surface area contributed by atoms with Crippen molar-refractivity contribution in [2.45, 2.75) is 13.0 Å². The number of piperazine rings is 1. The summed E-state index contributed by atoms with van der Waals surface area (Å²) in [4.78, 5) is 3.97. The van der Waals surface area contributed by atoms with Crippen LogP contribution in [-0.2, 0) is 0 Å². The van der Waals surface area contributed by atoms with Gasteiger partial charge in [-0.3, -0.25) is 4.90 Å². The minimum Gasteiger partial charge on any atom is -0.445 e. The van der Waals surface area contributed by atoms with Gasteiger partial charge in [-0.1, -0.05) is 0 Å². The van der Waals surface area contributed by atoms with Crippen molar-refractivity contribution >= 4 is 6.98 Å². The average molecular weight is 260 g/mol. The minimum absolute atomic E-state index is 0. The van der Waals surface area contributed by atoms with E-state index in [4.69, 9.17) is 0 Å². The molecule has 2 nitrogen and oxygen atoms in total. The maximum atomic E-state index is 12.3. The summed E-state index contributed by atoms with van der Waals surface area (Å²) in [5, 5.41) is 0. The van der Waals surface area contributed by atoms with Crippen molar-refractivity contribution in [2.24, 2.45) is 0 Å². The Morgan fingerprint density at radius 3 is 2.38 bits per heavy atom. The largest absolute Gasteiger partial charge is 1.00 e. The van der Waals surface area contributed by atoms with Crippen molar-refractivity contribution in [2.75, 3.05) is 33.2 Å². The Bertz CT molecular complexity index is 247. The molecule has 0 saturated carbocycles. The smallest absolute Gasteiger partial charge is 0.445 e. The van der Waals surface area contributed by atoms with Crippen LogP contribution >= 0.6 is 0 Å². The molecule has 1 unspecified atom stereocenters. The van der Waals surface area contributed by atoms with Crippen molar-refractivity contribution in [3.8, 4) is 0 Å². The Morgan fingerprint density at radius 1 is 1.38 bits per heavy atom. The first-order chi connectivity index (χ1) is 6.80. The Morgan fingerprint density at radius 2 is 1.94 bits per heavy atom. The van der Waals surface area contributed by atoms with E-state index in [-0.39, 0.29) is 57.9 Å². The Kier molecular flexibility index (Phi) is 7.42. The van der Waals surface area contributed by atoms with Crippen LogP contribution in [-0.4, -0.2) is 56.0 Å². The van der Waals surface area contributed by atoms with Gasteiger partial charge in [0.2, 0.25) is 0 Å². The predicted octanol–water partition coefficient (Wildman–Crippen LogP) is -1.43. The average Bonchev–Trinajstić information content (AvgIpc) is 2.10. The number of rotatable bonds is 3. The van der Waals surface area contributed by atoms with Gasteiger partial charge in [0, 0.05) is 25.7 Å². The molecule has 0 bridgehead atoms. The standard InChI is InChI=1S/C9H17BF3N2.K/c1-8(10(11,12)13)6-15-5-4-14(3)9(2)7-15;/h9H,1,4-7H2,2-3H3;/q-1;+1. The first kappa shape index (κ1) is 17.2. The van der Waals surface area contributed by atoms with Crippen LogP contribution in [0.3, 0.4) is 0 Å². The van der Waals surface area contributed by atoms with E-state index in [1.165, 1.54) is 0 Å². The van der Waals surface area contributed by atoms with E-state index < -0.39 is 12.4 Å². The zero-order valence-electron chi connectivity index (χ0n) is 10.2. The molecule has 0 aromatic carbocycles. The number of halogens is 3. The number of hydrogen-bond acceptors (Lipinski definition) is 2. The van der Waals surface area contributed by atoms with Crippen molar-refractivity contribution in [3.05, 3.63) is 12.1 Å². The normalized spacial score (nSPS) is 23.9. The molecule has 88 valence electrons. The third-order valence-electron chi connectivity index (χ3n) is 2.93. The summed E-state index contributed by atoms with van der Waals surface area (Å²) < 4.78 is 36.9. The van der Waals surface area contributed by atoms with Gasteiger partial charge in [0.1, 0.15) is 0 Å². The Labute approximate surface area is 138 Å². The van der Waals surface area contributed by atoms with Gasteiger partial charge in [0.25, 0.3) is 0 Å². The summed E-state index contributed by atoms with van der Waals surface area (Å²) in [5.41, 5.74) is -0.591. The molecule has 0 N–H and O–H groups in total. The molecule has 1 rings (SSSR count). The van der Waals surface area contributed by atoms with Crippen molar-refractivity contribution < 1.29 is 64.3 Å². The number of hydrogen-bond donors (Lipinski definition) is 0. The molecule has 0 aliphatic carbocycles. The molecule has 1 fully saturated rings. The predicted molar refractivity (Wildman–Crippen MR) is 56.8 cm³/mol. The van der Waals surface area contributed by atoms with E-state index in [2.05, 4.69) is 11.5 Å². The zero-order chi connectivity index (χ0) is 11.6. The van der Waals surface area contributed by atoms with E-state index in [0.717, 1.165) is 6.54 Å². The van der Waals surface area contributed by atoms with Gasteiger partial charge in [-0.25, -0.2) is 0 Å². The van der Waals surface area contributed by atoms with Gasteiger partial charge in [0.15, 0.2) is 0 Å². The molecule has 1 heterocycles. The third-order valence-corrected chi connectivity index (χ3v) is 2.93. The summed E-state index contributed by atoms with van der Waals surface area (Å²) >= 11 is 0. The summed E-state index contributed by atoms with van der Waals surface area (Å²) in [6.07, 6.45) is 0. The minimum atomic E-state index is -4.88. The fourth-order valence-corrected chi connectivity index (χ4v) is 1.66. The van der Waals surface area contributed by atoms with Crippen LogP contribution < -0.4 is 51.4 Å². The summed E-state index contributed by atoms with van der Waals surface area (Å²) in [5.74, 6) is 0. The van der Waals surface area contributed by atoms with Gasteiger partial charge in [-0.2, -0.15) is 0 Å². The van der Waals surface area contributed by atoms with Gasteiger partial charge in [-0.15, -0.1) is 12.1 Å². The first-order valence-electron chi connectivity index (χ1n) is 5.11. The van der Waals surface area contributed by atoms with Gasteiger partial charge in [-0.05, 0) is 20.5 Å². The Hall–Kier alpha value is 1.15. The van der Waals surface area contributed by atoms with Crippen molar-refractivity contribution in [3.63, 3.8) is 0 Å². The van der Waals surface area contributed by atoms with Crippen LogP contribution in [0.1, 0.15) is 6.92 Å². The second-order valence-electron chi connectivity index (χ2n) is 4.30. The molecule has 0 amide bonds. The second kappa shape index (κ2) is 6.92. The summed E-state index contributed by atoms with van der Waals surface area (Å²) in [6, 6.07) is 0.312. The maximum absolute atomic E-state index is 12.3. The fraction of sp³-hybridized carbons (Fsp3) is 0.778. The van der Waals surface area contributed by atoms with E-state index >= 15 is 0 Å². The molecule has 0 radical (unpaired) electrons. The van der Waals surface area contributed by atoms with Gasteiger partial charge in [0.05, 0.1) is 0 Å². The van der Waals surface area contributed by atoms with Gasteiger partial charge >= 0.3 is 58.4 Å². The van der Waals surface area contributed by atoms with Crippen LogP contribution in [0.2, 0.25) is 0 Å². The molecule has 1 saturated heterocycles. The molecule has 0 spiro atoms. The zero-order valence-corrected chi connectivity index (χ0v) is 13.3. The van der Waals surface area contributed by atoms with Crippen LogP contribution in [0.25, 0.3) is 0 Å². The quantitative estimate of drug-likeness (QED) is 0.574. The van der Waals surface area contributed by atoms with Crippen molar-refractivity contribution in [1.29, 1.82) is 0 Å². The van der Waals surface area contributed by atoms with Crippen LogP contribution in [0.4, 0.5) is 12.9 Å². The molecule has 1 atom stereocenters. The molecule has 0 aromatic rings. The molecule has 1 aliphatic rings.